The van der Waals surface area contributed by atoms with Crippen LogP contribution in [0.15, 0.2) is 64.8 Å². The molecule has 0 aliphatic carbocycles. The maximum Gasteiger partial charge on any atom is 0.281 e. The summed E-state index contributed by atoms with van der Waals surface area (Å²) in [5, 5.41) is 10.6. The Bertz CT molecular complexity index is 1520. The minimum atomic E-state index is -0.495. The van der Waals surface area contributed by atoms with Gasteiger partial charge < -0.3 is 5.32 Å². The van der Waals surface area contributed by atoms with Gasteiger partial charge in [0, 0.05) is 24.6 Å². The molecule has 3 N–H and O–H groups in total. The predicted molar refractivity (Wildman–Crippen MR) is 141 cm³/mol. The van der Waals surface area contributed by atoms with Crippen LogP contribution in [0, 0.1) is 6.92 Å². The Morgan fingerprint density at radius 3 is 2.44 bits per heavy atom. The fourth-order valence-electron chi connectivity index (χ4n) is 3.38. The van der Waals surface area contributed by atoms with E-state index in [-0.39, 0.29) is 11.5 Å². The highest BCUT2D eigenvalue weighted by Crippen LogP contribution is 2.24. The molecule has 184 valence electrons. The Labute approximate surface area is 219 Å². The zero-order chi connectivity index (χ0) is 25.8. The van der Waals surface area contributed by atoms with E-state index in [1.54, 1.807) is 68.7 Å². The second-order valence-electron chi connectivity index (χ2n) is 7.69. The van der Waals surface area contributed by atoms with Crippen molar-refractivity contribution in [2.24, 2.45) is 5.10 Å². The van der Waals surface area contributed by atoms with E-state index >= 15 is 0 Å². The van der Waals surface area contributed by atoms with E-state index in [4.69, 9.17) is 23.2 Å². The number of H-pyrrole nitrogens is 1. The number of pyridine rings is 1. The number of benzene rings is 1. The molecule has 0 aliphatic rings. The fraction of sp³-hybridized carbons (Fsp3) is 0.125. The molecule has 3 aromatic heterocycles. The van der Waals surface area contributed by atoms with E-state index in [1.807, 2.05) is 0 Å². The summed E-state index contributed by atoms with van der Waals surface area (Å²) in [6.07, 6.45) is 3.30. The van der Waals surface area contributed by atoms with Crippen LogP contribution in [0.4, 0.5) is 0 Å². The zero-order valence-electron chi connectivity index (χ0n) is 19.1. The summed E-state index contributed by atoms with van der Waals surface area (Å²) >= 11 is 13.1. The molecule has 3 heterocycles. The number of hydrogen-bond donors (Lipinski definition) is 3. The number of aryl methyl sites for hydroxylation is 1. The fourth-order valence-corrected chi connectivity index (χ4v) is 4.48. The maximum atomic E-state index is 13.0. The molecular formula is C24H20Cl2N6O3S. The van der Waals surface area contributed by atoms with Gasteiger partial charge in [0.15, 0.2) is 0 Å². The van der Waals surface area contributed by atoms with Gasteiger partial charge in [0.1, 0.15) is 0 Å². The van der Waals surface area contributed by atoms with Crippen LogP contribution in [0.5, 0.6) is 0 Å². The molecular weight excluding hydrogens is 523 g/mol. The Morgan fingerprint density at radius 1 is 1.06 bits per heavy atom. The third-order valence-corrected chi connectivity index (χ3v) is 7.00. The molecule has 0 saturated carbocycles. The summed E-state index contributed by atoms with van der Waals surface area (Å²) < 4.78 is 1.32. The van der Waals surface area contributed by atoms with Gasteiger partial charge in [-0.2, -0.15) is 5.10 Å². The monoisotopic (exact) mass is 542 g/mol. The van der Waals surface area contributed by atoms with E-state index in [1.165, 1.54) is 4.68 Å². The van der Waals surface area contributed by atoms with Crippen molar-refractivity contribution in [2.75, 3.05) is 0 Å². The van der Waals surface area contributed by atoms with Crippen LogP contribution in [0.2, 0.25) is 10.0 Å². The van der Waals surface area contributed by atoms with Crippen LogP contribution < -0.4 is 16.3 Å². The number of nitrogens with one attached hydrogen (secondary N) is 3. The quantitative estimate of drug-likeness (QED) is 0.238. The van der Waals surface area contributed by atoms with Crippen LogP contribution >= 0.6 is 34.5 Å². The third-order valence-electron chi connectivity index (χ3n) is 5.18. The van der Waals surface area contributed by atoms with E-state index in [9.17, 15) is 14.4 Å². The van der Waals surface area contributed by atoms with Gasteiger partial charge in [0.2, 0.25) is 0 Å². The van der Waals surface area contributed by atoms with E-state index in [0.29, 0.717) is 49.0 Å². The highest BCUT2D eigenvalue weighted by molar-refractivity contribution is 7.15. The second-order valence-corrected chi connectivity index (χ2v) is 9.59. The largest absolute Gasteiger partial charge is 0.347 e. The van der Waals surface area contributed by atoms with Crippen molar-refractivity contribution in [3.05, 3.63) is 102 Å². The van der Waals surface area contributed by atoms with Crippen molar-refractivity contribution in [1.29, 1.82) is 0 Å². The summed E-state index contributed by atoms with van der Waals surface area (Å²) in [7, 11) is 0. The molecule has 12 heteroatoms. The smallest absolute Gasteiger partial charge is 0.281 e. The Balaban J connectivity index is 1.44. The zero-order valence-corrected chi connectivity index (χ0v) is 21.5. The first-order chi connectivity index (χ1) is 17.2. The first-order valence-corrected chi connectivity index (χ1v) is 12.2. The molecule has 9 nitrogen and oxygen atoms in total. The number of aromatic nitrogens is 3. The lowest BCUT2D eigenvalue weighted by Crippen LogP contribution is -2.23. The molecule has 0 aliphatic heterocycles. The molecule has 2 amide bonds. The van der Waals surface area contributed by atoms with Crippen LogP contribution in [-0.4, -0.2) is 32.3 Å². The van der Waals surface area contributed by atoms with Crippen LogP contribution in [0.25, 0.3) is 5.69 Å². The predicted octanol–water partition coefficient (Wildman–Crippen LogP) is 4.32. The van der Waals surface area contributed by atoms with E-state index < -0.39 is 5.91 Å². The summed E-state index contributed by atoms with van der Waals surface area (Å²) in [5.41, 5.74) is 4.70. The van der Waals surface area contributed by atoms with E-state index in [2.05, 4.69) is 25.9 Å². The molecule has 0 spiro atoms. The van der Waals surface area contributed by atoms with Gasteiger partial charge in [-0.15, -0.1) is 11.3 Å². The number of rotatable bonds is 7. The Kier molecular flexibility index (Phi) is 7.68. The van der Waals surface area contributed by atoms with Crippen molar-refractivity contribution < 1.29 is 9.59 Å². The van der Waals surface area contributed by atoms with Gasteiger partial charge in [-0.25, -0.2) is 10.1 Å². The number of halogens is 2. The normalized spacial score (nSPS) is 11.4. The molecule has 1 aromatic carbocycles. The number of carbonyl (C=O) groups excluding carboxylic acids is 2. The molecule has 0 fully saturated rings. The number of hydrazone groups is 1. The van der Waals surface area contributed by atoms with Crippen molar-refractivity contribution in [3.63, 3.8) is 0 Å². The summed E-state index contributed by atoms with van der Waals surface area (Å²) in [6.45, 7) is 3.69. The molecule has 0 saturated heterocycles. The standard InChI is InChI=1S/C24H20Cl2N6O3S/c1-13(21-14(2)31-32(24(21)35)16-3-4-17(25)18(26)11-16)29-30-23(34)20-6-5-19(36-20)22(33)28-12-15-7-9-27-10-8-15/h3-11,31H,12H2,1-2H3,(H,28,33)(H,30,34)/b29-13+. The number of aromatic amines is 1. The summed E-state index contributed by atoms with van der Waals surface area (Å²) in [4.78, 5) is 42.6. The first kappa shape index (κ1) is 25.4. The highest BCUT2D eigenvalue weighted by atomic mass is 35.5. The highest BCUT2D eigenvalue weighted by Gasteiger charge is 2.17. The number of carbonyl (C=O) groups is 2. The summed E-state index contributed by atoms with van der Waals surface area (Å²) in [6, 6.07) is 11.6. The Hall–Kier alpha value is -3.73. The minimum Gasteiger partial charge on any atom is -0.347 e. The second kappa shape index (κ2) is 10.9. The maximum absolute atomic E-state index is 13.0. The van der Waals surface area contributed by atoms with Gasteiger partial charge in [-0.05, 0) is 61.9 Å². The Morgan fingerprint density at radius 2 is 1.75 bits per heavy atom. The average Bonchev–Trinajstić information content (AvgIpc) is 3.48. The molecule has 0 unspecified atom stereocenters. The molecule has 0 atom stereocenters. The first-order valence-electron chi connectivity index (χ1n) is 10.6. The number of thiophene rings is 1. The SMILES string of the molecule is C/C(=N\NC(=O)c1ccc(C(=O)NCc2ccncc2)s1)c1c(C)[nH]n(-c2ccc(Cl)c(Cl)c2)c1=O. The molecule has 0 radical (unpaired) electrons. The molecule has 4 rings (SSSR count). The van der Waals surface area contributed by atoms with Gasteiger partial charge in [0.25, 0.3) is 17.4 Å². The number of hydrogen-bond acceptors (Lipinski definition) is 6. The third kappa shape index (κ3) is 5.56. The average molecular weight is 543 g/mol. The topological polar surface area (TPSA) is 121 Å². The number of amides is 2. The van der Waals surface area contributed by atoms with Gasteiger partial charge in [-0.3, -0.25) is 24.5 Å². The van der Waals surface area contributed by atoms with Crippen molar-refractivity contribution in [2.45, 2.75) is 20.4 Å². The lowest BCUT2D eigenvalue weighted by molar-refractivity contribution is 0.0950. The van der Waals surface area contributed by atoms with Crippen LogP contribution in [-0.2, 0) is 6.54 Å². The molecule has 4 aromatic rings. The lowest BCUT2D eigenvalue weighted by Gasteiger charge is -2.03. The van der Waals surface area contributed by atoms with Gasteiger partial charge >= 0.3 is 0 Å². The number of nitrogens with zero attached hydrogens (tertiary/aromatic N) is 3. The van der Waals surface area contributed by atoms with Crippen molar-refractivity contribution in [1.82, 2.24) is 25.5 Å². The van der Waals surface area contributed by atoms with Crippen molar-refractivity contribution in [3.8, 4) is 5.69 Å². The van der Waals surface area contributed by atoms with E-state index in [0.717, 1.165) is 16.9 Å². The van der Waals surface area contributed by atoms with Crippen LogP contribution in [0.3, 0.4) is 0 Å². The molecule has 36 heavy (non-hydrogen) atoms. The van der Waals surface area contributed by atoms with Crippen LogP contribution in [0.1, 0.15) is 43.1 Å². The van der Waals surface area contributed by atoms with Gasteiger partial charge in [0.05, 0.1) is 36.8 Å². The van der Waals surface area contributed by atoms with Gasteiger partial charge in [-0.1, -0.05) is 23.2 Å². The lowest BCUT2D eigenvalue weighted by atomic mass is 10.2. The molecule has 0 bridgehead atoms. The summed E-state index contributed by atoms with van der Waals surface area (Å²) in [5.74, 6) is -0.785. The minimum absolute atomic E-state index is 0.290. The van der Waals surface area contributed by atoms with Crippen molar-refractivity contribution >= 4 is 52.1 Å².